The SMILES string of the molecule is CCNC(=NCC(c1ccccc1OC)N1CCCC1)NCCCn1nc(C)cc1C. The Bertz CT molecular complexity index is 840. The van der Waals surface area contributed by atoms with Crippen LogP contribution in [-0.2, 0) is 6.54 Å². The molecule has 2 N–H and O–H groups in total. The number of nitrogens with zero attached hydrogens (tertiary/aromatic N) is 4. The second-order valence-corrected chi connectivity index (χ2v) is 8.15. The van der Waals surface area contributed by atoms with E-state index in [1.807, 2.05) is 19.1 Å². The van der Waals surface area contributed by atoms with Crippen LogP contribution in [0, 0.1) is 13.8 Å². The largest absolute Gasteiger partial charge is 0.496 e. The Balaban J connectivity index is 1.63. The highest BCUT2D eigenvalue weighted by Gasteiger charge is 2.25. The number of para-hydroxylation sites is 1. The third-order valence-electron chi connectivity index (χ3n) is 5.79. The Morgan fingerprint density at radius 3 is 2.65 bits per heavy atom. The number of guanidine groups is 1. The van der Waals surface area contributed by atoms with E-state index in [0.29, 0.717) is 6.54 Å². The molecule has 1 saturated heterocycles. The quantitative estimate of drug-likeness (QED) is 0.347. The van der Waals surface area contributed by atoms with E-state index in [0.717, 1.165) is 56.5 Å². The second kappa shape index (κ2) is 11.7. The lowest BCUT2D eigenvalue weighted by Gasteiger charge is -2.28. The van der Waals surface area contributed by atoms with Gasteiger partial charge in [-0.15, -0.1) is 0 Å². The molecule has 31 heavy (non-hydrogen) atoms. The smallest absolute Gasteiger partial charge is 0.191 e. The van der Waals surface area contributed by atoms with Crippen molar-refractivity contribution in [1.29, 1.82) is 0 Å². The molecule has 2 heterocycles. The Morgan fingerprint density at radius 2 is 1.97 bits per heavy atom. The number of aliphatic imine (C=N–C) groups is 1. The van der Waals surface area contributed by atoms with E-state index in [9.17, 15) is 0 Å². The highest BCUT2D eigenvalue weighted by Crippen LogP contribution is 2.31. The van der Waals surface area contributed by atoms with Gasteiger partial charge in [-0.05, 0) is 65.3 Å². The first-order valence-corrected chi connectivity index (χ1v) is 11.5. The highest BCUT2D eigenvalue weighted by atomic mass is 16.5. The Hall–Kier alpha value is -2.54. The van der Waals surface area contributed by atoms with Crippen molar-refractivity contribution in [3.8, 4) is 5.75 Å². The van der Waals surface area contributed by atoms with E-state index in [-0.39, 0.29) is 6.04 Å². The predicted molar refractivity (Wildman–Crippen MR) is 127 cm³/mol. The summed E-state index contributed by atoms with van der Waals surface area (Å²) >= 11 is 0. The van der Waals surface area contributed by atoms with Crippen LogP contribution in [0.2, 0.25) is 0 Å². The van der Waals surface area contributed by atoms with Crippen LogP contribution in [0.1, 0.15) is 49.2 Å². The van der Waals surface area contributed by atoms with E-state index in [2.05, 4.69) is 57.4 Å². The summed E-state index contributed by atoms with van der Waals surface area (Å²) in [5.41, 5.74) is 3.50. The zero-order valence-electron chi connectivity index (χ0n) is 19.5. The predicted octanol–water partition coefficient (Wildman–Crippen LogP) is 3.29. The number of methoxy groups -OCH3 is 1. The first-order valence-electron chi connectivity index (χ1n) is 11.5. The molecule has 1 aliphatic heterocycles. The van der Waals surface area contributed by atoms with Crippen molar-refractivity contribution in [2.24, 2.45) is 4.99 Å². The van der Waals surface area contributed by atoms with Crippen LogP contribution in [0.15, 0.2) is 35.3 Å². The lowest BCUT2D eigenvalue weighted by atomic mass is 10.0. The lowest BCUT2D eigenvalue weighted by molar-refractivity contribution is 0.245. The third-order valence-corrected chi connectivity index (χ3v) is 5.79. The molecule has 0 saturated carbocycles. The van der Waals surface area contributed by atoms with Crippen LogP contribution in [0.25, 0.3) is 0 Å². The molecule has 2 aromatic rings. The van der Waals surface area contributed by atoms with Crippen molar-refractivity contribution in [1.82, 2.24) is 25.3 Å². The van der Waals surface area contributed by atoms with Gasteiger partial charge in [0.05, 0.1) is 25.4 Å². The fourth-order valence-electron chi connectivity index (χ4n) is 4.26. The van der Waals surface area contributed by atoms with Gasteiger partial charge >= 0.3 is 0 Å². The first-order chi connectivity index (χ1) is 15.1. The molecule has 0 radical (unpaired) electrons. The number of aromatic nitrogens is 2. The average molecular weight is 427 g/mol. The minimum atomic E-state index is 0.226. The monoisotopic (exact) mass is 426 g/mol. The molecule has 7 nitrogen and oxygen atoms in total. The van der Waals surface area contributed by atoms with Gasteiger partial charge in [-0.3, -0.25) is 14.6 Å². The second-order valence-electron chi connectivity index (χ2n) is 8.15. The van der Waals surface area contributed by atoms with Gasteiger partial charge in [0.1, 0.15) is 5.75 Å². The van der Waals surface area contributed by atoms with E-state index in [1.165, 1.54) is 24.1 Å². The summed E-state index contributed by atoms with van der Waals surface area (Å²) in [6.45, 7) is 11.8. The molecule has 1 fully saturated rings. The molecule has 1 aliphatic rings. The fourth-order valence-corrected chi connectivity index (χ4v) is 4.26. The summed E-state index contributed by atoms with van der Waals surface area (Å²) in [7, 11) is 1.75. The van der Waals surface area contributed by atoms with Crippen LogP contribution in [0.3, 0.4) is 0 Å². The van der Waals surface area contributed by atoms with Crippen molar-refractivity contribution in [3.05, 3.63) is 47.3 Å². The maximum atomic E-state index is 5.66. The van der Waals surface area contributed by atoms with Crippen LogP contribution >= 0.6 is 0 Å². The van der Waals surface area contributed by atoms with Crippen molar-refractivity contribution < 1.29 is 4.74 Å². The molecule has 0 spiro atoms. The number of nitrogens with one attached hydrogen (secondary N) is 2. The van der Waals surface area contributed by atoms with Crippen LogP contribution in [0.4, 0.5) is 0 Å². The van der Waals surface area contributed by atoms with E-state index < -0.39 is 0 Å². The van der Waals surface area contributed by atoms with Crippen molar-refractivity contribution in [2.75, 3.05) is 39.8 Å². The molecule has 7 heteroatoms. The van der Waals surface area contributed by atoms with Crippen LogP contribution in [0.5, 0.6) is 5.75 Å². The zero-order chi connectivity index (χ0) is 22.1. The van der Waals surface area contributed by atoms with Crippen LogP contribution in [-0.4, -0.2) is 60.5 Å². The summed E-state index contributed by atoms with van der Waals surface area (Å²) in [4.78, 5) is 7.49. The normalized spacial score (nSPS) is 15.8. The molecule has 1 unspecified atom stereocenters. The molecule has 1 aromatic heterocycles. The molecular weight excluding hydrogens is 388 g/mol. The molecule has 1 aromatic carbocycles. The topological polar surface area (TPSA) is 66.7 Å². The summed E-state index contributed by atoms with van der Waals surface area (Å²) < 4.78 is 7.73. The molecule has 0 aliphatic carbocycles. The van der Waals surface area contributed by atoms with E-state index in [1.54, 1.807) is 7.11 Å². The first kappa shape index (κ1) is 23.1. The van der Waals surface area contributed by atoms with Crippen LogP contribution < -0.4 is 15.4 Å². The lowest BCUT2D eigenvalue weighted by Crippen LogP contribution is -2.39. The minimum Gasteiger partial charge on any atom is -0.496 e. The number of hydrogen-bond donors (Lipinski definition) is 2. The number of aryl methyl sites for hydroxylation is 3. The molecule has 3 rings (SSSR count). The maximum absolute atomic E-state index is 5.66. The summed E-state index contributed by atoms with van der Waals surface area (Å²) in [5, 5.41) is 11.4. The van der Waals surface area contributed by atoms with E-state index in [4.69, 9.17) is 9.73 Å². The molecule has 1 atom stereocenters. The maximum Gasteiger partial charge on any atom is 0.191 e. The number of rotatable bonds is 10. The number of benzene rings is 1. The summed E-state index contributed by atoms with van der Waals surface area (Å²) in [6.07, 6.45) is 3.49. The van der Waals surface area contributed by atoms with Gasteiger partial charge in [-0.1, -0.05) is 18.2 Å². The number of likely N-dealkylation sites (tertiary alicyclic amines) is 1. The summed E-state index contributed by atoms with van der Waals surface area (Å²) in [5.74, 6) is 1.81. The van der Waals surface area contributed by atoms with Gasteiger partial charge in [0, 0.05) is 30.9 Å². The third kappa shape index (κ3) is 6.47. The molecule has 0 amide bonds. The minimum absolute atomic E-state index is 0.226. The Kier molecular flexibility index (Phi) is 8.76. The van der Waals surface area contributed by atoms with Crippen molar-refractivity contribution in [2.45, 2.75) is 52.6 Å². The van der Waals surface area contributed by atoms with Gasteiger partial charge < -0.3 is 15.4 Å². The van der Waals surface area contributed by atoms with Gasteiger partial charge in [-0.25, -0.2) is 0 Å². The standard InChI is InChI=1S/C24H38N6O/c1-5-25-24(26-13-10-16-30-20(3)17-19(2)28-30)27-18-22(29-14-8-9-15-29)21-11-6-7-12-23(21)31-4/h6-7,11-12,17,22H,5,8-10,13-16,18H2,1-4H3,(H2,25,26,27). The number of ether oxygens (including phenoxy) is 1. The summed E-state index contributed by atoms with van der Waals surface area (Å²) in [6, 6.07) is 10.7. The Morgan fingerprint density at radius 1 is 1.19 bits per heavy atom. The molecular formula is C24H38N6O. The molecule has 0 bridgehead atoms. The number of hydrogen-bond acceptors (Lipinski definition) is 4. The van der Waals surface area contributed by atoms with Gasteiger partial charge in [0.2, 0.25) is 0 Å². The highest BCUT2D eigenvalue weighted by molar-refractivity contribution is 5.79. The van der Waals surface area contributed by atoms with Gasteiger partial charge in [-0.2, -0.15) is 5.10 Å². The van der Waals surface area contributed by atoms with Gasteiger partial charge in [0.25, 0.3) is 0 Å². The Labute approximate surface area is 186 Å². The van der Waals surface area contributed by atoms with E-state index >= 15 is 0 Å². The zero-order valence-corrected chi connectivity index (χ0v) is 19.5. The van der Waals surface area contributed by atoms with Crippen molar-refractivity contribution >= 4 is 5.96 Å². The average Bonchev–Trinajstić information content (AvgIpc) is 3.41. The van der Waals surface area contributed by atoms with Gasteiger partial charge in [0.15, 0.2) is 5.96 Å². The fraction of sp³-hybridized carbons (Fsp3) is 0.583. The molecule has 170 valence electrons. The van der Waals surface area contributed by atoms with Crippen molar-refractivity contribution in [3.63, 3.8) is 0 Å².